The van der Waals surface area contributed by atoms with Crippen molar-refractivity contribution in [3.8, 4) is 0 Å². The normalized spacial score (nSPS) is 19.7. The Morgan fingerprint density at radius 3 is 1.68 bits per heavy atom. The Hall–Kier alpha value is -7.51. The largest absolute Gasteiger partial charge is 0.467 e. The Labute approximate surface area is 502 Å². The SMILES string of the molecule is COC(=O)C(Cc1ccccc1)NC(=O)C1Cc2ccc([C@H]3C[C@@H](C(=O)N[C@@H]4CCCc5ccccc54)N(C(=O)C(NC(=O)C(C)N(C)C(=O)OC(C)(C)C)C(C)(C)C)C3)cc2CN1C(=O)C(NC(=O)C(C)N(C)C(=O)OC(C)(C)C)C(C)(C)C. The van der Waals surface area contributed by atoms with Gasteiger partial charge < -0.3 is 45.3 Å². The fourth-order valence-corrected chi connectivity index (χ4v) is 11.0. The van der Waals surface area contributed by atoms with Gasteiger partial charge in [0, 0.05) is 45.9 Å². The molecule has 0 bridgehead atoms. The number of hydrogen-bond acceptors (Lipinski definition) is 12. The van der Waals surface area contributed by atoms with Gasteiger partial charge in [-0.3, -0.25) is 38.6 Å². The molecule has 464 valence electrons. The number of carbonyl (C=O) groups is 9. The first-order valence-corrected chi connectivity index (χ1v) is 29.5. The highest BCUT2D eigenvalue weighted by Gasteiger charge is 2.48. The fourth-order valence-electron chi connectivity index (χ4n) is 11.0. The smallest absolute Gasteiger partial charge is 0.410 e. The lowest BCUT2D eigenvalue weighted by Crippen LogP contribution is -2.63. The molecule has 8 amide bonds. The van der Waals surface area contributed by atoms with Gasteiger partial charge in [0.2, 0.25) is 35.4 Å². The van der Waals surface area contributed by atoms with Crippen LogP contribution in [-0.4, -0.2) is 154 Å². The van der Waals surface area contributed by atoms with Crippen molar-refractivity contribution in [2.75, 3.05) is 27.7 Å². The summed E-state index contributed by atoms with van der Waals surface area (Å²) in [6, 6.07) is 14.7. The van der Waals surface area contributed by atoms with Crippen LogP contribution >= 0.6 is 0 Å². The predicted octanol–water partition coefficient (Wildman–Crippen LogP) is 7.29. The van der Waals surface area contributed by atoms with Crippen LogP contribution in [0.25, 0.3) is 0 Å². The van der Waals surface area contributed by atoms with Crippen LogP contribution in [0.3, 0.4) is 0 Å². The van der Waals surface area contributed by atoms with E-state index in [-0.39, 0.29) is 44.3 Å². The van der Waals surface area contributed by atoms with Gasteiger partial charge in [-0.25, -0.2) is 14.4 Å². The molecule has 2 heterocycles. The minimum atomic E-state index is -1.24. The van der Waals surface area contributed by atoms with Crippen molar-refractivity contribution in [3.05, 3.63) is 106 Å². The fraction of sp³-hybridized carbons (Fsp3) is 0.585. The number of aryl methyl sites for hydroxylation is 1. The maximum atomic E-state index is 15.5. The molecule has 6 rings (SSSR count). The van der Waals surface area contributed by atoms with E-state index in [0.29, 0.717) is 12.0 Å². The van der Waals surface area contributed by atoms with Gasteiger partial charge >= 0.3 is 18.2 Å². The Bertz CT molecular complexity index is 2960. The molecule has 20 nitrogen and oxygen atoms in total. The summed E-state index contributed by atoms with van der Waals surface area (Å²) in [6.07, 6.45) is 1.29. The standard InChI is InChI=1S/C65H92N8O12/c1-38(70(15)60(81)84-64(9,10)11)53(74)68-51(62(3,4)5)57(78)72-36-44-33-42(30-31-43(44)34-49(72)56(77)67-48(59(80)83-17)32-40-24-19-18-20-25-40)45-35-50(55(76)66-47-29-23-27-41-26-21-22-28-46(41)47)73(37-45)58(79)52(63(6,7)8)69-54(75)39(2)71(16)61(82)85-65(12,13)14/h18-22,24-26,28,30-31,33,38-39,45,47-52H,23,27,29,32,34-37H2,1-17H3,(H,66,76)(H,67,77)(H,68,74)(H,69,75)/t38?,39?,45-,47+,48?,49?,50-,51?,52?/m0/s1. The number of amides is 8. The third-order valence-electron chi connectivity index (χ3n) is 16.2. The maximum Gasteiger partial charge on any atom is 0.410 e. The molecule has 1 aliphatic carbocycles. The average molecular weight is 1180 g/mol. The van der Waals surface area contributed by atoms with Gasteiger partial charge in [0.15, 0.2) is 0 Å². The number of nitrogens with one attached hydrogen (secondary N) is 4. The third kappa shape index (κ3) is 16.9. The van der Waals surface area contributed by atoms with Crippen molar-refractivity contribution in [1.82, 2.24) is 40.9 Å². The summed E-state index contributed by atoms with van der Waals surface area (Å²) in [5.74, 6) is -4.41. The van der Waals surface area contributed by atoms with E-state index >= 15 is 9.59 Å². The van der Waals surface area contributed by atoms with Crippen molar-refractivity contribution < 1.29 is 57.4 Å². The van der Waals surface area contributed by atoms with Crippen LogP contribution in [0.15, 0.2) is 72.8 Å². The molecule has 6 unspecified atom stereocenters. The Kier molecular flexibility index (Phi) is 21.0. The van der Waals surface area contributed by atoms with Crippen LogP contribution in [-0.2, 0) is 73.6 Å². The highest BCUT2D eigenvalue weighted by atomic mass is 16.6. The van der Waals surface area contributed by atoms with Crippen molar-refractivity contribution in [3.63, 3.8) is 0 Å². The summed E-state index contributed by atoms with van der Waals surface area (Å²) >= 11 is 0. The zero-order valence-electron chi connectivity index (χ0n) is 53.0. The summed E-state index contributed by atoms with van der Waals surface area (Å²) in [4.78, 5) is 134. The number of carbonyl (C=O) groups excluding carboxylic acids is 9. The average Bonchev–Trinajstić information content (AvgIpc) is 2.45. The van der Waals surface area contributed by atoms with E-state index in [2.05, 4.69) is 27.3 Å². The van der Waals surface area contributed by atoms with Crippen molar-refractivity contribution in [1.29, 1.82) is 0 Å². The van der Waals surface area contributed by atoms with Crippen LogP contribution in [0.1, 0.15) is 162 Å². The van der Waals surface area contributed by atoms with Crippen molar-refractivity contribution in [2.45, 2.75) is 207 Å². The van der Waals surface area contributed by atoms with Crippen LogP contribution in [0, 0.1) is 10.8 Å². The third-order valence-corrected chi connectivity index (χ3v) is 16.2. The van der Waals surface area contributed by atoms with Crippen LogP contribution < -0.4 is 21.3 Å². The first kappa shape index (κ1) is 66.6. The first-order chi connectivity index (χ1) is 39.5. The molecule has 4 N–H and O–H groups in total. The van der Waals surface area contributed by atoms with E-state index in [1.54, 1.807) is 74.1 Å². The van der Waals surface area contributed by atoms with Gasteiger partial charge in [-0.05, 0) is 125 Å². The van der Waals surface area contributed by atoms with E-state index in [9.17, 15) is 33.6 Å². The molecule has 2 aliphatic heterocycles. The number of nitrogens with zero attached hydrogens (tertiary/aromatic N) is 4. The van der Waals surface area contributed by atoms with Gasteiger partial charge in [0.25, 0.3) is 0 Å². The zero-order valence-corrected chi connectivity index (χ0v) is 53.0. The molecule has 85 heavy (non-hydrogen) atoms. The Morgan fingerprint density at radius 1 is 0.624 bits per heavy atom. The van der Waals surface area contributed by atoms with Gasteiger partial charge in [-0.1, -0.05) is 114 Å². The summed E-state index contributed by atoms with van der Waals surface area (Å²) in [7, 11) is 4.12. The number of ether oxygens (including phenoxy) is 3. The number of esters is 1. The molecule has 1 saturated heterocycles. The van der Waals surface area contributed by atoms with Gasteiger partial charge in [-0.15, -0.1) is 0 Å². The number of rotatable bonds is 16. The maximum absolute atomic E-state index is 15.5. The number of fused-ring (bicyclic) bond motifs is 2. The van der Waals surface area contributed by atoms with Gasteiger partial charge in [0.05, 0.1) is 13.2 Å². The molecular formula is C65H92N8O12. The molecule has 0 radical (unpaired) electrons. The minimum Gasteiger partial charge on any atom is -0.467 e. The topological polar surface area (TPSA) is 242 Å². The number of benzene rings is 3. The van der Waals surface area contributed by atoms with Crippen molar-refractivity contribution >= 4 is 53.6 Å². The van der Waals surface area contributed by atoms with E-state index in [1.165, 1.54) is 37.9 Å². The van der Waals surface area contributed by atoms with Crippen LogP contribution in [0.5, 0.6) is 0 Å². The summed E-state index contributed by atoms with van der Waals surface area (Å²) in [5, 5.41) is 12.0. The second kappa shape index (κ2) is 26.8. The Morgan fingerprint density at radius 2 is 1.15 bits per heavy atom. The second-order valence-corrected chi connectivity index (χ2v) is 27.2. The van der Waals surface area contributed by atoms with E-state index in [4.69, 9.17) is 14.2 Å². The van der Waals surface area contributed by atoms with E-state index in [0.717, 1.165) is 45.6 Å². The van der Waals surface area contributed by atoms with Gasteiger partial charge in [-0.2, -0.15) is 0 Å². The zero-order chi connectivity index (χ0) is 63.3. The number of likely N-dealkylation sites (tertiary alicyclic amines) is 1. The number of hydrogen-bond donors (Lipinski definition) is 4. The highest BCUT2D eigenvalue weighted by molar-refractivity contribution is 5.97. The Balaban J connectivity index is 1.38. The number of likely N-dealkylation sites (N-methyl/N-ethyl adjacent to an activating group) is 2. The van der Waals surface area contributed by atoms with E-state index < -0.39 is 118 Å². The van der Waals surface area contributed by atoms with Crippen molar-refractivity contribution in [2.24, 2.45) is 10.8 Å². The lowest BCUT2D eigenvalue weighted by molar-refractivity contribution is -0.149. The van der Waals surface area contributed by atoms with Crippen LogP contribution in [0.4, 0.5) is 9.59 Å². The van der Waals surface area contributed by atoms with Crippen LogP contribution in [0.2, 0.25) is 0 Å². The monoisotopic (exact) mass is 1180 g/mol. The molecule has 9 atom stereocenters. The molecule has 0 saturated carbocycles. The summed E-state index contributed by atoms with van der Waals surface area (Å²) in [5.41, 5.74) is 1.59. The molecule has 3 aliphatic rings. The summed E-state index contributed by atoms with van der Waals surface area (Å²) < 4.78 is 16.2. The second-order valence-electron chi connectivity index (χ2n) is 27.2. The lowest BCUT2D eigenvalue weighted by atomic mass is 9.83. The predicted molar refractivity (Wildman–Crippen MR) is 321 cm³/mol. The molecule has 0 aromatic heterocycles. The minimum absolute atomic E-state index is 0.00663. The molecular weight excluding hydrogens is 1080 g/mol. The van der Waals surface area contributed by atoms with E-state index in [1.807, 2.05) is 87.5 Å². The first-order valence-electron chi connectivity index (χ1n) is 29.5. The molecule has 20 heteroatoms. The quantitative estimate of drug-likeness (QED) is 0.0817. The molecule has 3 aromatic rings. The number of methoxy groups -OCH3 is 1. The molecule has 1 fully saturated rings. The molecule has 3 aromatic carbocycles. The van der Waals surface area contributed by atoms with Gasteiger partial charge in [0.1, 0.15) is 53.5 Å². The summed E-state index contributed by atoms with van der Waals surface area (Å²) in [6.45, 7) is 24.1. The molecule has 0 spiro atoms. The lowest BCUT2D eigenvalue weighted by Gasteiger charge is -2.42. The highest BCUT2D eigenvalue weighted by Crippen LogP contribution is 2.38.